The van der Waals surface area contributed by atoms with Crippen molar-refractivity contribution >= 4 is 62.3 Å². The van der Waals surface area contributed by atoms with E-state index < -0.39 is 0 Å². The van der Waals surface area contributed by atoms with Crippen LogP contribution >= 0.6 is 11.3 Å². The average molecular weight is 754 g/mol. The topological polar surface area (TPSA) is 186 Å². The second-order valence-electron chi connectivity index (χ2n) is 12.8. The first-order valence-corrected chi connectivity index (χ1v) is 18.7. The predicted octanol–water partition coefficient (Wildman–Crippen LogP) is 8.18. The predicted molar refractivity (Wildman–Crippen MR) is 211 cm³/mol. The standard InChI is InChI=1S/C38H47N11O4S/c1-8-53-31(50)19-24(3)27-11-12-29-30(20-27)54-38(42-29)49-22-28(21-39)34(48-49)47-46-33-35(40-13-9-15-51-6)44-37(41-14-10-16-52-7)45-36(33)43-32-25(4)17-23(2)18-26(32)5/h11-12,17-18,20,22,24H,8-10,13-16,19H2,1-7H3,(H3,40,41,43,44,45). The van der Waals surface area contributed by atoms with E-state index in [0.29, 0.717) is 61.3 Å². The first kappa shape index (κ1) is 39.7. The average Bonchev–Trinajstić information content (AvgIpc) is 3.77. The van der Waals surface area contributed by atoms with Crippen molar-refractivity contribution in [1.29, 1.82) is 5.26 Å². The normalized spacial score (nSPS) is 11.9. The molecule has 16 heteroatoms. The Morgan fingerprint density at radius 2 is 1.69 bits per heavy atom. The summed E-state index contributed by atoms with van der Waals surface area (Å²) in [5.41, 5.74) is 6.46. The van der Waals surface area contributed by atoms with E-state index in [1.165, 1.54) is 16.0 Å². The van der Waals surface area contributed by atoms with E-state index in [1.807, 2.05) is 39.0 Å². The third-order valence-electron chi connectivity index (χ3n) is 8.43. The molecule has 2 aromatic carbocycles. The Bertz CT molecular complexity index is 2120. The lowest BCUT2D eigenvalue weighted by Crippen LogP contribution is -2.13. The Balaban J connectivity index is 1.52. The van der Waals surface area contributed by atoms with Crippen LogP contribution in [0.4, 0.5) is 34.8 Å². The lowest BCUT2D eigenvalue weighted by Gasteiger charge is -2.18. The number of carbonyl (C=O) groups excluding carboxylic acids is 1. The summed E-state index contributed by atoms with van der Waals surface area (Å²) in [6, 6.07) is 12.3. The van der Waals surface area contributed by atoms with Gasteiger partial charge in [-0.1, -0.05) is 42.0 Å². The van der Waals surface area contributed by atoms with E-state index in [0.717, 1.165) is 51.0 Å². The van der Waals surface area contributed by atoms with Crippen molar-refractivity contribution in [3.63, 3.8) is 0 Å². The summed E-state index contributed by atoms with van der Waals surface area (Å²) in [6.07, 6.45) is 3.36. The number of esters is 1. The van der Waals surface area contributed by atoms with Gasteiger partial charge in [0.2, 0.25) is 16.9 Å². The molecule has 0 aliphatic carbocycles. The number of methoxy groups -OCH3 is 2. The number of azo groups is 1. The van der Waals surface area contributed by atoms with Crippen LogP contribution in [0.5, 0.6) is 0 Å². The summed E-state index contributed by atoms with van der Waals surface area (Å²) < 4.78 is 18.1. The summed E-state index contributed by atoms with van der Waals surface area (Å²) >= 11 is 1.42. The molecule has 3 heterocycles. The second-order valence-corrected chi connectivity index (χ2v) is 13.8. The van der Waals surface area contributed by atoms with Gasteiger partial charge in [0.15, 0.2) is 17.3 Å². The fourth-order valence-corrected chi connectivity index (χ4v) is 6.75. The van der Waals surface area contributed by atoms with Gasteiger partial charge in [-0.05, 0) is 75.3 Å². The molecule has 0 aliphatic heterocycles. The molecule has 0 spiro atoms. The molecule has 0 saturated carbocycles. The number of thiazole rings is 1. The number of aromatic nitrogens is 5. The van der Waals surface area contributed by atoms with Gasteiger partial charge >= 0.3 is 5.97 Å². The Labute approximate surface area is 319 Å². The largest absolute Gasteiger partial charge is 0.466 e. The van der Waals surface area contributed by atoms with Crippen molar-refractivity contribution in [2.45, 2.75) is 59.8 Å². The highest BCUT2D eigenvalue weighted by atomic mass is 32.1. The van der Waals surface area contributed by atoms with Gasteiger partial charge in [-0.15, -0.1) is 15.3 Å². The van der Waals surface area contributed by atoms with Crippen molar-refractivity contribution in [3.05, 3.63) is 64.3 Å². The zero-order chi connectivity index (χ0) is 38.6. The first-order valence-electron chi connectivity index (χ1n) is 17.8. The molecule has 3 N–H and O–H groups in total. The molecule has 5 aromatic rings. The lowest BCUT2D eigenvalue weighted by molar-refractivity contribution is -0.143. The number of aryl methyl sites for hydroxylation is 3. The number of hydrogen-bond acceptors (Lipinski definition) is 15. The number of nitrogens with one attached hydrogen (secondary N) is 3. The van der Waals surface area contributed by atoms with Crippen LogP contribution in [0.1, 0.15) is 66.8 Å². The molecule has 15 nitrogen and oxygen atoms in total. The Morgan fingerprint density at radius 1 is 0.981 bits per heavy atom. The number of nitrogens with zero attached hydrogens (tertiary/aromatic N) is 8. The van der Waals surface area contributed by atoms with Crippen LogP contribution in [-0.2, 0) is 19.0 Å². The lowest BCUT2D eigenvalue weighted by atomic mass is 9.98. The Kier molecular flexibility index (Phi) is 14.0. The van der Waals surface area contributed by atoms with E-state index >= 15 is 0 Å². The fraction of sp³-hybridized carbons (Fsp3) is 0.421. The van der Waals surface area contributed by atoms with E-state index in [1.54, 1.807) is 27.3 Å². The number of nitriles is 1. The highest BCUT2D eigenvalue weighted by Crippen LogP contribution is 2.38. The van der Waals surface area contributed by atoms with Crippen molar-refractivity contribution in [1.82, 2.24) is 24.7 Å². The molecular weight excluding hydrogens is 707 g/mol. The Hall–Kier alpha value is -5.50. The minimum atomic E-state index is -0.230. The molecule has 5 rings (SSSR count). The quantitative estimate of drug-likeness (QED) is 0.0418. The molecular formula is C38H47N11O4S. The number of benzene rings is 2. The van der Waals surface area contributed by atoms with Crippen LogP contribution in [0.3, 0.4) is 0 Å². The summed E-state index contributed by atoms with van der Waals surface area (Å²) in [5.74, 6) is 1.13. The maximum Gasteiger partial charge on any atom is 0.306 e. The van der Waals surface area contributed by atoms with Gasteiger partial charge in [-0.3, -0.25) is 4.79 Å². The maximum atomic E-state index is 12.1. The zero-order valence-electron chi connectivity index (χ0n) is 31.8. The van der Waals surface area contributed by atoms with Gasteiger partial charge in [0.1, 0.15) is 11.6 Å². The van der Waals surface area contributed by atoms with Crippen molar-refractivity contribution < 1.29 is 19.0 Å². The molecule has 284 valence electrons. The van der Waals surface area contributed by atoms with E-state index in [4.69, 9.17) is 29.2 Å². The third-order valence-corrected chi connectivity index (χ3v) is 9.44. The summed E-state index contributed by atoms with van der Waals surface area (Å²) in [5, 5.41) is 34.6. The number of carbonyl (C=O) groups is 1. The van der Waals surface area contributed by atoms with Gasteiger partial charge in [0.25, 0.3) is 0 Å². The van der Waals surface area contributed by atoms with Crippen molar-refractivity contribution in [2.24, 2.45) is 10.2 Å². The number of anilines is 4. The van der Waals surface area contributed by atoms with Crippen molar-refractivity contribution in [2.75, 3.05) is 63.1 Å². The zero-order valence-corrected chi connectivity index (χ0v) is 32.6. The second kappa shape index (κ2) is 19.0. The number of hydrogen-bond donors (Lipinski definition) is 3. The minimum Gasteiger partial charge on any atom is -0.466 e. The smallest absolute Gasteiger partial charge is 0.306 e. The highest BCUT2D eigenvalue weighted by Gasteiger charge is 2.20. The molecule has 1 unspecified atom stereocenters. The third kappa shape index (κ3) is 10.1. The van der Waals surface area contributed by atoms with E-state index in [9.17, 15) is 10.1 Å². The van der Waals surface area contributed by atoms with Crippen LogP contribution in [0.2, 0.25) is 0 Å². The highest BCUT2D eigenvalue weighted by molar-refractivity contribution is 7.20. The first-order chi connectivity index (χ1) is 26.1. The summed E-state index contributed by atoms with van der Waals surface area (Å²) in [7, 11) is 3.33. The molecule has 54 heavy (non-hydrogen) atoms. The summed E-state index contributed by atoms with van der Waals surface area (Å²) in [6.45, 7) is 12.6. The van der Waals surface area contributed by atoms with Gasteiger partial charge in [0, 0.05) is 46.2 Å². The number of ether oxygens (including phenoxy) is 3. The minimum absolute atomic E-state index is 0.0250. The van der Waals surface area contributed by atoms with Crippen LogP contribution < -0.4 is 16.0 Å². The van der Waals surface area contributed by atoms with Gasteiger partial charge in [-0.2, -0.15) is 15.2 Å². The monoisotopic (exact) mass is 753 g/mol. The van der Waals surface area contributed by atoms with Crippen molar-refractivity contribution in [3.8, 4) is 11.2 Å². The van der Waals surface area contributed by atoms with Gasteiger partial charge < -0.3 is 30.2 Å². The molecule has 0 amide bonds. The molecule has 0 radical (unpaired) electrons. The van der Waals surface area contributed by atoms with Gasteiger partial charge in [-0.25, -0.2) is 9.67 Å². The molecule has 0 fully saturated rings. The Morgan fingerprint density at radius 3 is 2.37 bits per heavy atom. The van der Waals surface area contributed by atoms with E-state index in [-0.39, 0.29) is 29.7 Å². The molecule has 0 bridgehead atoms. The molecule has 0 saturated heterocycles. The molecule has 0 aliphatic rings. The van der Waals surface area contributed by atoms with Crippen LogP contribution in [0.15, 0.2) is 46.8 Å². The molecule has 1 atom stereocenters. The van der Waals surface area contributed by atoms with Crippen LogP contribution in [0.25, 0.3) is 15.3 Å². The molecule has 3 aromatic heterocycles. The van der Waals surface area contributed by atoms with Gasteiger partial charge in [0.05, 0.1) is 29.4 Å². The van der Waals surface area contributed by atoms with Crippen LogP contribution in [-0.4, -0.2) is 77.8 Å². The summed E-state index contributed by atoms with van der Waals surface area (Å²) in [4.78, 5) is 26.4. The fourth-order valence-electron chi connectivity index (χ4n) is 5.81. The van der Waals surface area contributed by atoms with Crippen LogP contribution in [0, 0.1) is 32.1 Å². The number of fused-ring (bicyclic) bond motifs is 1. The van der Waals surface area contributed by atoms with E-state index in [2.05, 4.69) is 56.4 Å². The maximum absolute atomic E-state index is 12.1. The number of rotatable bonds is 19. The SMILES string of the molecule is CCOC(=O)CC(C)c1ccc2nc(-n3cc(C#N)c(N=Nc4c(NCCCOC)nc(NCCCOC)nc4Nc4c(C)cc(C)cc4C)n3)sc2c1.